The Kier molecular flexibility index (Phi) is 8.48. The van der Waals surface area contributed by atoms with Gasteiger partial charge in [0.05, 0.1) is 26.9 Å². The van der Waals surface area contributed by atoms with E-state index in [2.05, 4.69) is 5.32 Å². The van der Waals surface area contributed by atoms with Crippen LogP contribution in [0.5, 0.6) is 17.2 Å². The Morgan fingerprint density at radius 3 is 2.18 bits per heavy atom. The molecule has 0 heterocycles. The van der Waals surface area contributed by atoms with Gasteiger partial charge in [-0.25, -0.2) is 4.79 Å². The molecule has 2 rings (SSSR count). The number of ether oxygens (including phenoxy) is 4. The number of benzene rings is 2. The average Bonchev–Trinajstić information content (AvgIpc) is 2.74. The van der Waals surface area contributed by atoms with Gasteiger partial charge in [-0.2, -0.15) is 0 Å². The Labute approximate surface area is 168 Å². The van der Waals surface area contributed by atoms with Crippen molar-refractivity contribution >= 4 is 23.6 Å². The van der Waals surface area contributed by atoms with E-state index < -0.39 is 5.97 Å². The monoisotopic (exact) mass is 405 g/mol. The molecule has 8 heteroatoms. The third kappa shape index (κ3) is 6.09. The molecular formula is C20H23NO6S. The Morgan fingerprint density at radius 2 is 1.61 bits per heavy atom. The molecular weight excluding hydrogens is 382 g/mol. The van der Waals surface area contributed by atoms with Crippen molar-refractivity contribution in [2.45, 2.75) is 4.90 Å². The Bertz CT molecular complexity index is 772. The van der Waals surface area contributed by atoms with Crippen LogP contribution in [-0.2, 0) is 9.53 Å². The fourth-order valence-electron chi connectivity index (χ4n) is 2.34. The molecule has 0 aliphatic heterocycles. The number of carbonyl (C=O) groups excluding carboxylic acids is 2. The SMILES string of the molecule is COc1cc(C(=O)OCC(=O)NCCSc2ccccc2)cc(OC)c1OC. The maximum Gasteiger partial charge on any atom is 0.338 e. The zero-order valence-corrected chi connectivity index (χ0v) is 16.8. The van der Waals surface area contributed by atoms with Crippen molar-refractivity contribution in [2.24, 2.45) is 0 Å². The van der Waals surface area contributed by atoms with Crippen LogP contribution in [0.4, 0.5) is 0 Å². The number of hydrogen-bond acceptors (Lipinski definition) is 7. The normalized spacial score (nSPS) is 10.1. The first-order valence-electron chi connectivity index (χ1n) is 8.50. The minimum absolute atomic E-state index is 0.196. The summed E-state index contributed by atoms with van der Waals surface area (Å²) in [6.45, 7) is 0.103. The van der Waals surface area contributed by atoms with Gasteiger partial charge < -0.3 is 24.3 Å². The predicted molar refractivity (Wildman–Crippen MR) is 107 cm³/mol. The van der Waals surface area contributed by atoms with Crippen molar-refractivity contribution in [1.82, 2.24) is 5.32 Å². The highest BCUT2D eigenvalue weighted by Crippen LogP contribution is 2.38. The molecule has 0 aromatic heterocycles. The van der Waals surface area contributed by atoms with Gasteiger partial charge in [0.25, 0.3) is 5.91 Å². The van der Waals surface area contributed by atoms with Crippen molar-refractivity contribution < 1.29 is 28.5 Å². The van der Waals surface area contributed by atoms with Crippen molar-refractivity contribution in [3.63, 3.8) is 0 Å². The van der Waals surface area contributed by atoms with Gasteiger partial charge in [0, 0.05) is 17.2 Å². The van der Waals surface area contributed by atoms with Crippen LogP contribution in [0, 0.1) is 0 Å². The lowest BCUT2D eigenvalue weighted by Crippen LogP contribution is -2.30. The lowest BCUT2D eigenvalue weighted by Gasteiger charge is -2.13. The Balaban J connectivity index is 1.82. The lowest BCUT2D eigenvalue weighted by atomic mass is 10.2. The summed E-state index contributed by atoms with van der Waals surface area (Å²) < 4.78 is 20.7. The number of esters is 1. The molecule has 1 amide bonds. The summed E-state index contributed by atoms with van der Waals surface area (Å²) in [5.74, 6) is 0.724. The maximum atomic E-state index is 12.2. The molecule has 0 bridgehead atoms. The number of thioether (sulfide) groups is 1. The summed E-state index contributed by atoms with van der Waals surface area (Å²) in [4.78, 5) is 25.2. The van der Waals surface area contributed by atoms with E-state index in [9.17, 15) is 9.59 Å². The van der Waals surface area contributed by atoms with Gasteiger partial charge in [0.1, 0.15) is 0 Å². The van der Waals surface area contributed by atoms with Gasteiger partial charge in [-0.3, -0.25) is 4.79 Å². The van der Waals surface area contributed by atoms with Gasteiger partial charge in [-0.1, -0.05) is 18.2 Å². The van der Waals surface area contributed by atoms with E-state index in [1.807, 2.05) is 30.3 Å². The van der Waals surface area contributed by atoms with Crippen LogP contribution < -0.4 is 19.5 Å². The van der Waals surface area contributed by atoms with Crippen LogP contribution in [0.2, 0.25) is 0 Å². The van der Waals surface area contributed by atoms with E-state index in [0.717, 1.165) is 10.6 Å². The largest absolute Gasteiger partial charge is 0.493 e. The highest BCUT2D eigenvalue weighted by atomic mass is 32.2. The first-order valence-corrected chi connectivity index (χ1v) is 9.49. The molecule has 1 N–H and O–H groups in total. The minimum Gasteiger partial charge on any atom is -0.493 e. The van der Waals surface area contributed by atoms with Crippen molar-refractivity contribution in [1.29, 1.82) is 0 Å². The van der Waals surface area contributed by atoms with Crippen molar-refractivity contribution in [2.75, 3.05) is 40.2 Å². The lowest BCUT2D eigenvalue weighted by molar-refractivity contribution is -0.124. The molecule has 0 spiro atoms. The Hall–Kier alpha value is -2.87. The number of carbonyl (C=O) groups is 2. The van der Waals surface area contributed by atoms with Crippen LogP contribution in [0.3, 0.4) is 0 Å². The second-order valence-corrected chi connectivity index (χ2v) is 6.67. The first-order chi connectivity index (χ1) is 13.6. The molecule has 150 valence electrons. The molecule has 0 aliphatic rings. The summed E-state index contributed by atoms with van der Waals surface area (Å²) in [6, 6.07) is 12.8. The second-order valence-electron chi connectivity index (χ2n) is 5.50. The van der Waals surface area contributed by atoms with Crippen LogP contribution in [0.15, 0.2) is 47.4 Å². The smallest absolute Gasteiger partial charge is 0.338 e. The molecule has 0 aliphatic carbocycles. The minimum atomic E-state index is -0.659. The van der Waals surface area contributed by atoms with E-state index in [4.69, 9.17) is 18.9 Å². The summed E-state index contributed by atoms with van der Waals surface area (Å²) in [7, 11) is 4.37. The number of nitrogens with one attached hydrogen (secondary N) is 1. The van der Waals surface area contributed by atoms with Crippen LogP contribution >= 0.6 is 11.8 Å². The maximum absolute atomic E-state index is 12.2. The highest BCUT2D eigenvalue weighted by molar-refractivity contribution is 7.99. The molecule has 0 fully saturated rings. The summed E-state index contributed by atoms with van der Waals surface area (Å²) in [5, 5.41) is 2.72. The van der Waals surface area contributed by atoms with Crippen LogP contribution in [-0.4, -0.2) is 52.1 Å². The fraction of sp³-hybridized carbons (Fsp3) is 0.300. The molecule has 7 nitrogen and oxygen atoms in total. The van der Waals surface area contributed by atoms with Gasteiger partial charge in [-0.15, -0.1) is 11.8 Å². The average molecular weight is 405 g/mol. The van der Waals surface area contributed by atoms with Gasteiger partial charge >= 0.3 is 5.97 Å². The Morgan fingerprint density at radius 1 is 0.964 bits per heavy atom. The topological polar surface area (TPSA) is 83.1 Å². The third-order valence-corrected chi connectivity index (χ3v) is 4.68. The molecule has 0 saturated carbocycles. The van der Waals surface area contributed by atoms with E-state index in [1.54, 1.807) is 11.8 Å². The molecule has 0 radical (unpaired) electrons. The van der Waals surface area contributed by atoms with E-state index in [0.29, 0.717) is 23.8 Å². The summed E-state index contributed by atoms with van der Waals surface area (Å²) >= 11 is 1.63. The van der Waals surface area contributed by atoms with Crippen molar-refractivity contribution in [3.05, 3.63) is 48.0 Å². The number of methoxy groups -OCH3 is 3. The van der Waals surface area contributed by atoms with Crippen LogP contribution in [0.25, 0.3) is 0 Å². The van der Waals surface area contributed by atoms with Crippen LogP contribution in [0.1, 0.15) is 10.4 Å². The molecule has 0 unspecified atom stereocenters. The van der Waals surface area contributed by atoms with Gasteiger partial charge in [0.2, 0.25) is 5.75 Å². The number of amides is 1. The second kappa shape index (κ2) is 11.1. The summed E-state index contributed by atoms with van der Waals surface area (Å²) in [5.41, 5.74) is 0.196. The standard InChI is InChI=1S/C20H23NO6S/c1-24-16-11-14(12-17(25-2)19(16)26-3)20(23)27-13-18(22)21-9-10-28-15-7-5-4-6-8-15/h4-8,11-12H,9-10,13H2,1-3H3,(H,21,22). The van der Waals surface area contributed by atoms with Crippen molar-refractivity contribution in [3.8, 4) is 17.2 Å². The van der Waals surface area contributed by atoms with E-state index in [-0.39, 0.29) is 18.1 Å². The highest BCUT2D eigenvalue weighted by Gasteiger charge is 2.18. The first kappa shape index (κ1) is 21.4. The van der Waals surface area contributed by atoms with E-state index >= 15 is 0 Å². The number of hydrogen-bond donors (Lipinski definition) is 1. The third-order valence-electron chi connectivity index (χ3n) is 3.67. The fourth-order valence-corrected chi connectivity index (χ4v) is 3.13. The zero-order valence-electron chi connectivity index (χ0n) is 16.0. The van der Waals surface area contributed by atoms with E-state index in [1.165, 1.54) is 33.5 Å². The molecule has 2 aromatic carbocycles. The molecule has 0 saturated heterocycles. The quantitative estimate of drug-likeness (QED) is 0.370. The molecule has 0 atom stereocenters. The summed E-state index contributed by atoms with van der Waals surface area (Å²) in [6.07, 6.45) is 0. The number of rotatable bonds is 10. The predicted octanol–water partition coefficient (Wildman–Crippen LogP) is 2.78. The molecule has 2 aromatic rings. The van der Waals surface area contributed by atoms with Gasteiger partial charge in [0.15, 0.2) is 18.1 Å². The molecule has 28 heavy (non-hydrogen) atoms. The van der Waals surface area contributed by atoms with Gasteiger partial charge in [-0.05, 0) is 24.3 Å². The zero-order chi connectivity index (χ0) is 20.4.